The van der Waals surface area contributed by atoms with Crippen LogP contribution in [0.4, 0.5) is 0 Å². The molecule has 3 heterocycles. The number of hydrogen-bond acceptors (Lipinski definition) is 3. The monoisotopic (exact) mass is 616 g/mol. The van der Waals surface area contributed by atoms with Gasteiger partial charge in [-0.05, 0) is 64.7 Å². The van der Waals surface area contributed by atoms with Gasteiger partial charge in [0.2, 0.25) is 0 Å². The van der Waals surface area contributed by atoms with Gasteiger partial charge in [-0.2, -0.15) is 5.26 Å². The highest BCUT2D eigenvalue weighted by atomic mass is 32.1. The number of furan rings is 1. The Labute approximate surface area is 273 Å². The number of aromatic nitrogens is 1. The van der Waals surface area contributed by atoms with E-state index >= 15 is 0 Å². The molecule has 0 unspecified atom stereocenters. The van der Waals surface area contributed by atoms with Crippen LogP contribution >= 0.6 is 11.3 Å². The van der Waals surface area contributed by atoms with Crippen LogP contribution < -0.4 is 0 Å². The maximum Gasteiger partial charge on any atom is 0.159 e. The van der Waals surface area contributed by atoms with Crippen LogP contribution in [0, 0.1) is 11.3 Å². The quantitative estimate of drug-likeness (QED) is 0.198. The van der Waals surface area contributed by atoms with Crippen LogP contribution in [0.5, 0.6) is 0 Å². The van der Waals surface area contributed by atoms with Crippen molar-refractivity contribution in [3.63, 3.8) is 0 Å². The number of rotatable bonds is 3. The van der Waals surface area contributed by atoms with Gasteiger partial charge in [-0.1, -0.05) is 103 Å². The summed E-state index contributed by atoms with van der Waals surface area (Å²) in [5.41, 5.74) is 9.56. The Kier molecular flexibility index (Phi) is 5.51. The first kappa shape index (κ1) is 26.1. The minimum atomic E-state index is 0.532. The van der Waals surface area contributed by atoms with Crippen LogP contribution in [0.3, 0.4) is 0 Å². The summed E-state index contributed by atoms with van der Waals surface area (Å²) in [5.74, 6) is 0. The summed E-state index contributed by atoms with van der Waals surface area (Å²) in [7, 11) is 0. The van der Waals surface area contributed by atoms with Gasteiger partial charge < -0.3 is 8.98 Å². The molecule has 0 aliphatic carbocycles. The summed E-state index contributed by atoms with van der Waals surface area (Å²) in [6.45, 7) is 0. The average Bonchev–Trinajstić information content (AvgIpc) is 3.81. The summed E-state index contributed by atoms with van der Waals surface area (Å²) in [6, 6.07) is 53.7. The zero-order valence-electron chi connectivity index (χ0n) is 25.1. The molecule has 0 bridgehead atoms. The average molecular weight is 617 g/mol. The normalized spacial score (nSPS) is 11.8. The molecular formula is C43H24N2OS. The van der Waals surface area contributed by atoms with Crippen LogP contribution in [-0.4, -0.2) is 4.57 Å². The van der Waals surface area contributed by atoms with Crippen molar-refractivity contribution in [3.8, 4) is 34.0 Å². The maximum absolute atomic E-state index is 10.4. The number of para-hydroxylation sites is 2. The van der Waals surface area contributed by atoms with Gasteiger partial charge in [-0.3, -0.25) is 0 Å². The molecule has 10 aromatic rings. The molecule has 0 saturated heterocycles. The van der Waals surface area contributed by atoms with Gasteiger partial charge >= 0.3 is 0 Å². The van der Waals surface area contributed by atoms with Crippen molar-refractivity contribution in [1.29, 1.82) is 5.26 Å². The first-order chi connectivity index (χ1) is 23.3. The van der Waals surface area contributed by atoms with Crippen molar-refractivity contribution in [2.75, 3.05) is 0 Å². The fourth-order valence-corrected chi connectivity index (χ4v) is 8.49. The molecule has 218 valence electrons. The molecule has 3 nitrogen and oxygen atoms in total. The van der Waals surface area contributed by atoms with Gasteiger partial charge in [0.1, 0.15) is 6.07 Å². The number of hydrogen-bond donors (Lipinski definition) is 0. The third-order valence-corrected chi connectivity index (χ3v) is 10.6. The smallest absolute Gasteiger partial charge is 0.159 e. The highest BCUT2D eigenvalue weighted by molar-refractivity contribution is 7.25. The standard InChI is InChI=1S/C43H24N2OS/c44-25-29-22-28(30-14-9-19-40-41(30)34-13-5-7-18-39(34)47-40)23-35-33-15-8-17-37(43(33)46-42(29)35)45-36-16-6-4-12-31(36)32-21-20-27(24-38(32)45)26-10-2-1-3-11-26/h1-24H. The molecule has 0 radical (unpaired) electrons. The number of nitrogens with zero attached hydrogens (tertiary/aromatic N) is 2. The molecule has 0 aliphatic rings. The third kappa shape index (κ3) is 3.78. The van der Waals surface area contributed by atoms with Crippen molar-refractivity contribution in [1.82, 2.24) is 4.57 Å². The minimum absolute atomic E-state index is 0.532. The fraction of sp³-hybridized carbons (Fsp3) is 0. The molecule has 10 rings (SSSR count). The number of fused-ring (bicyclic) bond motifs is 9. The van der Waals surface area contributed by atoms with Crippen molar-refractivity contribution in [3.05, 3.63) is 151 Å². The van der Waals surface area contributed by atoms with E-state index < -0.39 is 0 Å². The van der Waals surface area contributed by atoms with Gasteiger partial charge in [0, 0.05) is 41.7 Å². The maximum atomic E-state index is 10.4. The van der Waals surface area contributed by atoms with E-state index in [4.69, 9.17) is 4.42 Å². The molecule has 0 aliphatic heterocycles. The number of thiophene rings is 1. The predicted octanol–water partition coefficient (Wildman–Crippen LogP) is 12.3. The lowest BCUT2D eigenvalue weighted by Crippen LogP contribution is -1.94. The van der Waals surface area contributed by atoms with Gasteiger partial charge in [0.15, 0.2) is 11.2 Å². The Morgan fingerprint density at radius 3 is 2.15 bits per heavy atom. The van der Waals surface area contributed by atoms with Gasteiger partial charge in [-0.25, -0.2) is 0 Å². The Morgan fingerprint density at radius 2 is 1.26 bits per heavy atom. The van der Waals surface area contributed by atoms with Crippen LogP contribution in [0.1, 0.15) is 5.56 Å². The molecule has 0 atom stereocenters. The van der Waals surface area contributed by atoms with Crippen molar-refractivity contribution >= 4 is 75.3 Å². The second-order valence-corrected chi connectivity index (χ2v) is 13.1. The van der Waals surface area contributed by atoms with Gasteiger partial charge in [0.05, 0.1) is 22.3 Å². The molecule has 0 amide bonds. The third-order valence-electron chi connectivity index (χ3n) is 9.43. The summed E-state index contributed by atoms with van der Waals surface area (Å²) >= 11 is 1.80. The first-order valence-corrected chi connectivity index (χ1v) is 16.5. The number of nitriles is 1. The van der Waals surface area contributed by atoms with Crippen LogP contribution in [0.15, 0.2) is 150 Å². The summed E-state index contributed by atoms with van der Waals surface area (Å²) < 4.78 is 11.5. The molecule has 0 N–H and O–H groups in total. The zero-order chi connectivity index (χ0) is 31.1. The Hall–Kier alpha value is -6.15. The summed E-state index contributed by atoms with van der Waals surface area (Å²) in [6.07, 6.45) is 0. The largest absolute Gasteiger partial charge is 0.452 e. The van der Waals surface area contributed by atoms with Crippen molar-refractivity contribution < 1.29 is 4.42 Å². The summed E-state index contributed by atoms with van der Waals surface area (Å²) in [5, 5.41) is 17.2. The van der Waals surface area contributed by atoms with E-state index in [1.54, 1.807) is 11.3 Å². The van der Waals surface area contributed by atoms with E-state index in [9.17, 15) is 5.26 Å². The Balaban J connectivity index is 1.26. The topological polar surface area (TPSA) is 41.9 Å². The predicted molar refractivity (Wildman–Crippen MR) is 197 cm³/mol. The second-order valence-electron chi connectivity index (χ2n) is 12.0. The fourth-order valence-electron chi connectivity index (χ4n) is 7.36. The van der Waals surface area contributed by atoms with E-state index in [1.165, 1.54) is 36.5 Å². The second kappa shape index (κ2) is 9.92. The molecule has 4 heteroatoms. The summed E-state index contributed by atoms with van der Waals surface area (Å²) in [4.78, 5) is 0. The van der Waals surface area contributed by atoms with Gasteiger partial charge in [-0.15, -0.1) is 11.3 Å². The van der Waals surface area contributed by atoms with E-state index in [0.717, 1.165) is 49.8 Å². The molecule has 0 fully saturated rings. The lowest BCUT2D eigenvalue weighted by Gasteiger charge is -2.09. The lowest BCUT2D eigenvalue weighted by molar-refractivity contribution is 0.665. The van der Waals surface area contributed by atoms with Crippen LogP contribution in [0.25, 0.3) is 91.9 Å². The highest BCUT2D eigenvalue weighted by Gasteiger charge is 2.21. The van der Waals surface area contributed by atoms with E-state index in [2.05, 4.69) is 144 Å². The van der Waals surface area contributed by atoms with Crippen molar-refractivity contribution in [2.45, 2.75) is 0 Å². The van der Waals surface area contributed by atoms with E-state index in [-0.39, 0.29) is 0 Å². The Morgan fingerprint density at radius 1 is 0.511 bits per heavy atom. The van der Waals surface area contributed by atoms with E-state index in [1.807, 2.05) is 12.1 Å². The zero-order valence-corrected chi connectivity index (χ0v) is 25.9. The van der Waals surface area contributed by atoms with E-state index in [0.29, 0.717) is 11.1 Å². The Bertz CT molecular complexity index is 2920. The van der Waals surface area contributed by atoms with Gasteiger partial charge in [0.25, 0.3) is 0 Å². The molecule has 3 aromatic heterocycles. The van der Waals surface area contributed by atoms with Crippen LogP contribution in [-0.2, 0) is 0 Å². The highest BCUT2D eigenvalue weighted by Crippen LogP contribution is 2.44. The number of benzene rings is 7. The SMILES string of the molecule is N#Cc1cc(-c2cccc3sc4ccccc4c23)cc2c1oc1c(-n3c4ccccc4c4ccc(-c5ccccc5)cc43)cccc12. The molecule has 0 saturated carbocycles. The molecule has 47 heavy (non-hydrogen) atoms. The lowest BCUT2D eigenvalue weighted by atomic mass is 9.96. The van der Waals surface area contributed by atoms with Crippen LogP contribution in [0.2, 0.25) is 0 Å². The minimum Gasteiger partial charge on any atom is -0.452 e. The molecule has 0 spiro atoms. The molecule has 7 aromatic carbocycles. The first-order valence-electron chi connectivity index (χ1n) is 15.7. The molecular weight excluding hydrogens is 593 g/mol. The van der Waals surface area contributed by atoms with Crippen molar-refractivity contribution in [2.24, 2.45) is 0 Å².